The lowest BCUT2D eigenvalue weighted by atomic mass is 10.7. The smallest absolute Gasteiger partial charge is 0.319 e. The Morgan fingerprint density at radius 1 is 1.00 bits per heavy atom. The van der Waals surface area contributed by atoms with Crippen LogP contribution in [0, 0.1) is 0 Å². The van der Waals surface area contributed by atoms with Gasteiger partial charge in [-0.3, -0.25) is 14.2 Å². The van der Waals surface area contributed by atoms with E-state index in [9.17, 15) is 9.59 Å². The summed E-state index contributed by atoms with van der Waals surface area (Å²) in [5.41, 5.74) is 9.77. The summed E-state index contributed by atoms with van der Waals surface area (Å²) < 4.78 is 17.6. The standard InChI is InChI=1S/2C4H9NO2.H3O3P/c2*1-2-7-4(6)3-5;1-4(2)3/h2*2-3,5H2,1H3;4H,(H2,1,2,3). The Balaban J connectivity index is -0.000000196. The fourth-order valence-electron chi connectivity index (χ4n) is 0.440. The number of carbonyl (C=O) groups excluding carboxylic acids is 2. The molecule has 0 fully saturated rings. The molecule has 0 heterocycles. The largest absolute Gasteiger partial charge is 0.465 e. The molecular formula is C8H21N2O7P. The summed E-state index contributed by atoms with van der Waals surface area (Å²) in [4.78, 5) is 34.4. The number of hydrogen-bond acceptors (Lipinski definition) is 7. The average molecular weight is 288 g/mol. The van der Waals surface area contributed by atoms with Gasteiger partial charge in [-0.1, -0.05) is 0 Å². The van der Waals surface area contributed by atoms with Gasteiger partial charge in [0.2, 0.25) is 0 Å². The fourth-order valence-corrected chi connectivity index (χ4v) is 0.440. The zero-order valence-electron chi connectivity index (χ0n) is 10.4. The Morgan fingerprint density at radius 2 is 1.22 bits per heavy atom. The van der Waals surface area contributed by atoms with Crippen LogP contribution in [-0.4, -0.2) is 48.0 Å². The minimum Gasteiger partial charge on any atom is -0.465 e. The van der Waals surface area contributed by atoms with E-state index in [1.54, 1.807) is 13.8 Å². The second-order valence-corrected chi connectivity index (χ2v) is 2.87. The Kier molecular flexibility index (Phi) is 22.7. The second-order valence-electron chi connectivity index (χ2n) is 2.30. The van der Waals surface area contributed by atoms with Crippen molar-refractivity contribution in [2.45, 2.75) is 13.8 Å². The van der Waals surface area contributed by atoms with E-state index >= 15 is 0 Å². The van der Waals surface area contributed by atoms with E-state index in [4.69, 9.17) is 25.8 Å². The molecule has 0 rings (SSSR count). The molecule has 0 aliphatic carbocycles. The van der Waals surface area contributed by atoms with E-state index in [-0.39, 0.29) is 25.0 Å². The summed E-state index contributed by atoms with van der Waals surface area (Å²) in [5, 5.41) is 0. The van der Waals surface area contributed by atoms with E-state index in [2.05, 4.69) is 9.47 Å². The molecule has 0 radical (unpaired) electrons. The van der Waals surface area contributed by atoms with Gasteiger partial charge in [0.1, 0.15) is 0 Å². The third-order valence-corrected chi connectivity index (χ3v) is 0.944. The molecule has 6 N–H and O–H groups in total. The van der Waals surface area contributed by atoms with Crippen molar-refractivity contribution in [3.63, 3.8) is 0 Å². The van der Waals surface area contributed by atoms with Crippen LogP contribution in [0.5, 0.6) is 0 Å². The molecule has 9 nitrogen and oxygen atoms in total. The molecule has 0 bridgehead atoms. The highest BCUT2D eigenvalue weighted by molar-refractivity contribution is 7.30. The van der Waals surface area contributed by atoms with Gasteiger partial charge in [-0.2, -0.15) is 0 Å². The molecule has 110 valence electrons. The first-order chi connectivity index (χ1) is 8.35. The van der Waals surface area contributed by atoms with Gasteiger partial charge >= 0.3 is 20.2 Å². The van der Waals surface area contributed by atoms with E-state index < -0.39 is 8.25 Å². The van der Waals surface area contributed by atoms with Gasteiger partial charge in [-0.05, 0) is 13.8 Å². The van der Waals surface area contributed by atoms with Crippen LogP contribution in [0.15, 0.2) is 0 Å². The van der Waals surface area contributed by atoms with E-state index in [0.29, 0.717) is 13.2 Å². The molecule has 0 amide bonds. The highest BCUT2D eigenvalue weighted by Crippen LogP contribution is 1.98. The molecule has 0 spiro atoms. The van der Waals surface area contributed by atoms with Crippen LogP contribution in [0.2, 0.25) is 0 Å². The van der Waals surface area contributed by atoms with Gasteiger partial charge in [0.25, 0.3) is 0 Å². The number of nitrogens with two attached hydrogens (primary N) is 2. The highest BCUT2D eigenvalue weighted by Gasteiger charge is 1.92. The monoisotopic (exact) mass is 288 g/mol. The van der Waals surface area contributed by atoms with Crippen LogP contribution in [0.25, 0.3) is 0 Å². The van der Waals surface area contributed by atoms with E-state index in [1.807, 2.05) is 0 Å². The fraction of sp³-hybridized carbons (Fsp3) is 0.750. The lowest BCUT2D eigenvalue weighted by molar-refractivity contribution is -0.142. The second kappa shape index (κ2) is 18.4. The highest BCUT2D eigenvalue weighted by atomic mass is 31.1. The van der Waals surface area contributed by atoms with E-state index in [1.165, 1.54) is 0 Å². The van der Waals surface area contributed by atoms with Gasteiger partial charge in [0.05, 0.1) is 26.3 Å². The van der Waals surface area contributed by atoms with Crippen LogP contribution in [0.3, 0.4) is 0 Å². The summed E-state index contributed by atoms with van der Waals surface area (Å²) in [6, 6.07) is 0. The van der Waals surface area contributed by atoms with Crippen molar-refractivity contribution in [3.8, 4) is 0 Å². The van der Waals surface area contributed by atoms with Crippen molar-refractivity contribution in [1.82, 2.24) is 0 Å². The molecular weight excluding hydrogens is 267 g/mol. The van der Waals surface area contributed by atoms with Crippen molar-refractivity contribution in [1.29, 1.82) is 0 Å². The Bertz CT molecular complexity index is 215. The van der Waals surface area contributed by atoms with Gasteiger partial charge in [0, 0.05) is 0 Å². The summed E-state index contributed by atoms with van der Waals surface area (Å²) in [6.07, 6.45) is 0. The third kappa shape index (κ3) is 36.3. The SMILES string of the molecule is CCOC(=O)CN.CCOC(=O)CN.O=[PH](O)O. The number of ether oxygens (including phenoxy) is 2. The van der Waals surface area contributed by atoms with Gasteiger partial charge < -0.3 is 30.7 Å². The number of esters is 2. The van der Waals surface area contributed by atoms with Crippen molar-refractivity contribution >= 4 is 20.2 Å². The summed E-state index contributed by atoms with van der Waals surface area (Å²) in [6.45, 7) is 4.27. The Morgan fingerprint density at radius 3 is 1.28 bits per heavy atom. The first-order valence-corrected chi connectivity index (χ1v) is 6.29. The molecule has 0 saturated carbocycles. The minimum atomic E-state index is -3.13. The maximum absolute atomic E-state index is 10.1. The molecule has 0 aliphatic rings. The Hall–Kier alpha value is -0.990. The van der Waals surface area contributed by atoms with Crippen LogP contribution >= 0.6 is 8.25 Å². The number of carbonyl (C=O) groups is 2. The molecule has 0 aromatic heterocycles. The topological polar surface area (TPSA) is 162 Å². The molecule has 0 unspecified atom stereocenters. The zero-order chi connectivity index (χ0) is 15.0. The van der Waals surface area contributed by atoms with Crippen molar-refractivity contribution < 1.29 is 33.4 Å². The number of rotatable bonds is 4. The molecule has 0 aromatic rings. The molecule has 10 heteroatoms. The first-order valence-electron chi connectivity index (χ1n) is 4.98. The zero-order valence-corrected chi connectivity index (χ0v) is 11.4. The van der Waals surface area contributed by atoms with Crippen molar-refractivity contribution in [3.05, 3.63) is 0 Å². The molecule has 0 aliphatic heterocycles. The summed E-state index contributed by atoms with van der Waals surface area (Å²) in [7, 11) is -3.13. The van der Waals surface area contributed by atoms with Crippen LogP contribution < -0.4 is 11.5 Å². The Labute approximate surface area is 106 Å². The lowest BCUT2D eigenvalue weighted by Crippen LogP contribution is -2.16. The number of hydrogen-bond donors (Lipinski definition) is 4. The van der Waals surface area contributed by atoms with Gasteiger partial charge in [-0.25, -0.2) is 0 Å². The third-order valence-electron chi connectivity index (χ3n) is 0.944. The van der Waals surface area contributed by atoms with Gasteiger partial charge in [0.15, 0.2) is 0 Å². The molecule has 18 heavy (non-hydrogen) atoms. The van der Waals surface area contributed by atoms with Crippen LogP contribution in [-0.2, 0) is 23.6 Å². The maximum Gasteiger partial charge on any atom is 0.319 e. The maximum atomic E-state index is 10.1. The summed E-state index contributed by atoms with van der Waals surface area (Å²) >= 11 is 0. The van der Waals surface area contributed by atoms with E-state index in [0.717, 1.165) is 0 Å². The van der Waals surface area contributed by atoms with Crippen LogP contribution in [0.4, 0.5) is 0 Å². The normalized spacial score (nSPS) is 8.39. The first kappa shape index (κ1) is 22.2. The predicted molar refractivity (Wildman–Crippen MR) is 64.8 cm³/mol. The molecule has 0 atom stereocenters. The van der Waals surface area contributed by atoms with Gasteiger partial charge in [-0.15, -0.1) is 0 Å². The lowest BCUT2D eigenvalue weighted by Gasteiger charge is -1.93. The van der Waals surface area contributed by atoms with Crippen molar-refractivity contribution in [2.24, 2.45) is 11.5 Å². The molecule has 0 saturated heterocycles. The minimum absolute atomic E-state index is 0.0200. The molecule has 0 aromatic carbocycles. The van der Waals surface area contributed by atoms with Crippen molar-refractivity contribution in [2.75, 3.05) is 26.3 Å². The quantitative estimate of drug-likeness (QED) is 0.351. The van der Waals surface area contributed by atoms with Crippen LogP contribution in [0.1, 0.15) is 13.8 Å². The summed E-state index contributed by atoms with van der Waals surface area (Å²) in [5.74, 6) is -0.690. The predicted octanol–water partition coefficient (Wildman–Crippen LogP) is -1.62. The average Bonchev–Trinajstić information content (AvgIpc) is 2.29.